The maximum absolute atomic E-state index is 13.3. The highest BCUT2D eigenvalue weighted by molar-refractivity contribution is 6.30. The number of likely N-dealkylation sites (tertiary alicyclic amines) is 1. The van der Waals surface area contributed by atoms with Gasteiger partial charge in [-0.05, 0) is 62.1 Å². The molecule has 1 unspecified atom stereocenters. The summed E-state index contributed by atoms with van der Waals surface area (Å²) in [5, 5.41) is 11.6. The molecule has 1 saturated heterocycles. The molecule has 0 saturated carbocycles. The first-order chi connectivity index (χ1) is 13.4. The van der Waals surface area contributed by atoms with Crippen molar-refractivity contribution in [3.05, 3.63) is 63.0 Å². The summed E-state index contributed by atoms with van der Waals surface area (Å²) in [6.45, 7) is 6.60. The highest BCUT2D eigenvalue weighted by Crippen LogP contribution is 2.32. The van der Waals surface area contributed by atoms with Crippen LogP contribution in [0.5, 0.6) is 5.75 Å². The minimum Gasteiger partial charge on any atom is -0.507 e. The summed E-state index contributed by atoms with van der Waals surface area (Å²) in [6, 6.07) is 10.4. The zero-order chi connectivity index (χ0) is 19.8. The maximum atomic E-state index is 13.3. The second-order valence-corrected chi connectivity index (χ2v) is 8.23. The lowest BCUT2D eigenvalue weighted by molar-refractivity contribution is 0.175. The van der Waals surface area contributed by atoms with Gasteiger partial charge in [-0.3, -0.25) is 9.69 Å². The van der Waals surface area contributed by atoms with Crippen molar-refractivity contribution in [1.29, 1.82) is 0 Å². The van der Waals surface area contributed by atoms with Crippen molar-refractivity contribution in [2.45, 2.75) is 33.2 Å². The van der Waals surface area contributed by atoms with Crippen molar-refractivity contribution in [3.63, 3.8) is 0 Å². The minimum absolute atomic E-state index is 0.0886. The summed E-state index contributed by atoms with van der Waals surface area (Å²) < 4.78 is 6.12. The van der Waals surface area contributed by atoms with E-state index in [0.717, 1.165) is 25.1 Å². The zero-order valence-corrected chi connectivity index (χ0v) is 16.9. The van der Waals surface area contributed by atoms with E-state index in [4.69, 9.17) is 16.0 Å². The first-order valence-electron chi connectivity index (χ1n) is 9.70. The summed E-state index contributed by atoms with van der Waals surface area (Å²) in [5.74, 6) is 1.35. The first kappa shape index (κ1) is 19.0. The Morgan fingerprint density at radius 1 is 1.21 bits per heavy atom. The molecular formula is C23H24ClNO3. The zero-order valence-electron chi connectivity index (χ0n) is 16.2. The van der Waals surface area contributed by atoms with Crippen LogP contribution in [0.3, 0.4) is 0 Å². The number of phenolic OH excluding ortho intramolecular Hbond substituents is 1. The number of phenols is 1. The molecule has 4 nitrogen and oxygen atoms in total. The molecular weight excluding hydrogens is 374 g/mol. The molecule has 0 spiro atoms. The fraction of sp³-hybridized carbons (Fsp3) is 0.348. The Hall–Kier alpha value is -2.30. The average molecular weight is 398 g/mol. The number of benzene rings is 2. The Kier molecular flexibility index (Phi) is 5.17. The lowest BCUT2D eigenvalue weighted by Gasteiger charge is -2.31. The van der Waals surface area contributed by atoms with Gasteiger partial charge >= 0.3 is 0 Å². The van der Waals surface area contributed by atoms with E-state index < -0.39 is 0 Å². The van der Waals surface area contributed by atoms with Gasteiger partial charge < -0.3 is 9.52 Å². The second-order valence-electron chi connectivity index (χ2n) is 7.79. The van der Waals surface area contributed by atoms with Crippen LogP contribution < -0.4 is 5.43 Å². The Bertz CT molecular complexity index is 1070. The van der Waals surface area contributed by atoms with Gasteiger partial charge in [-0.15, -0.1) is 0 Å². The van der Waals surface area contributed by atoms with Crippen LogP contribution in [0.2, 0.25) is 5.02 Å². The summed E-state index contributed by atoms with van der Waals surface area (Å²) in [7, 11) is 0. The van der Waals surface area contributed by atoms with Crippen molar-refractivity contribution >= 4 is 22.6 Å². The van der Waals surface area contributed by atoms with Crippen molar-refractivity contribution in [1.82, 2.24) is 4.90 Å². The van der Waals surface area contributed by atoms with Gasteiger partial charge in [-0.2, -0.15) is 0 Å². The number of rotatable bonds is 3. The van der Waals surface area contributed by atoms with Crippen LogP contribution in [0.25, 0.3) is 22.1 Å². The van der Waals surface area contributed by atoms with Gasteiger partial charge in [0.1, 0.15) is 17.1 Å². The summed E-state index contributed by atoms with van der Waals surface area (Å²) >= 11 is 5.98. The van der Waals surface area contributed by atoms with E-state index in [1.807, 2.05) is 12.1 Å². The Balaban J connectivity index is 1.83. The molecule has 1 N–H and O–H groups in total. The molecule has 1 aliphatic heterocycles. The van der Waals surface area contributed by atoms with E-state index in [-0.39, 0.29) is 11.2 Å². The molecule has 3 aromatic rings. The fourth-order valence-corrected chi connectivity index (χ4v) is 4.30. The first-order valence-corrected chi connectivity index (χ1v) is 10.1. The summed E-state index contributed by atoms with van der Waals surface area (Å²) in [4.78, 5) is 15.6. The van der Waals surface area contributed by atoms with Crippen LogP contribution in [0.4, 0.5) is 0 Å². The summed E-state index contributed by atoms with van der Waals surface area (Å²) in [6.07, 6.45) is 2.38. The van der Waals surface area contributed by atoms with Gasteiger partial charge in [0.2, 0.25) is 5.43 Å². The molecule has 0 bridgehead atoms. The number of hydrogen-bond donors (Lipinski definition) is 1. The van der Waals surface area contributed by atoms with Crippen LogP contribution in [0, 0.1) is 12.8 Å². The molecule has 146 valence electrons. The highest BCUT2D eigenvalue weighted by atomic mass is 35.5. The molecule has 2 heterocycles. The molecule has 5 heteroatoms. The van der Waals surface area contributed by atoms with Gasteiger partial charge in [-0.25, -0.2) is 0 Å². The number of fused-ring (bicyclic) bond motifs is 1. The third kappa shape index (κ3) is 3.54. The maximum Gasteiger partial charge on any atom is 0.200 e. The van der Waals surface area contributed by atoms with Gasteiger partial charge in [0, 0.05) is 18.1 Å². The smallest absolute Gasteiger partial charge is 0.200 e. The van der Waals surface area contributed by atoms with Crippen LogP contribution in [0.15, 0.2) is 45.6 Å². The van der Waals surface area contributed by atoms with Crippen LogP contribution in [0.1, 0.15) is 31.1 Å². The Morgan fingerprint density at radius 2 is 1.96 bits per heavy atom. The molecule has 1 atom stereocenters. The van der Waals surface area contributed by atoms with E-state index >= 15 is 0 Å². The van der Waals surface area contributed by atoms with E-state index in [1.54, 1.807) is 31.2 Å². The number of aryl methyl sites for hydroxylation is 1. The fourth-order valence-electron chi connectivity index (χ4n) is 4.17. The third-order valence-electron chi connectivity index (χ3n) is 5.57. The highest BCUT2D eigenvalue weighted by Gasteiger charge is 2.22. The van der Waals surface area contributed by atoms with Crippen LogP contribution in [-0.2, 0) is 6.54 Å². The van der Waals surface area contributed by atoms with Gasteiger partial charge in [0.05, 0.1) is 16.5 Å². The third-order valence-corrected chi connectivity index (χ3v) is 5.82. The molecule has 4 rings (SSSR count). The van der Waals surface area contributed by atoms with Crippen molar-refractivity contribution in [2.75, 3.05) is 13.1 Å². The van der Waals surface area contributed by atoms with Crippen molar-refractivity contribution < 1.29 is 9.52 Å². The largest absolute Gasteiger partial charge is 0.507 e. The monoisotopic (exact) mass is 397 g/mol. The quantitative estimate of drug-likeness (QED) is 0.646. The SMILES string of the molecule is Cc1oc2c(CN3CCCC(C)C3)c(O)ccc2c(=O)c1-c1ccc(Cl)cc1. The van der Waals surface area contributed by atoms with Crippen LogP contribution in [-0.4, -0.2) is 23.1 Å². The standard InChI is InChI=1S/C23H24ClNO3/c1-14-4-3-11-25(12-14)13-19-20(26)10-9-18-22(27)21(15(2)28-23(18)19)16-5-7-17(24)8-6-16/h5-10,14,26H,3-4,11-13H2,1-2H3. The second kappa shape index (κ2) is 7.61. The molecule has 1 aromatic heterocycles. The number of piperidine rings is 1. The summed E-state index contributed by atoms with van der Waals surface area (Å²) in [5.41, 5.74) is 2.40. The van der Waals surface area contributed by atoms with Gasteiger partial charge in [0.15, 0.2) is 0 Å². The average Bonchev–Trinajstić information content (AvgIpc) is 2.66. The Labute approximate surface area is 169 Å². The van der Waals surface area contributed by atoms with E-state index in [9.17, 15) is 9.90 Å². The number of nitrogens with zero attached hydrogens (tertiary/aromatic N) is 1. The lowest BCUT2D eigenvalue weighted by atomic mass is 9.98. The predicted octanol–water partition coefficient (Wildman–Crippen LogP) is 5.36. The van der Waals surface area contributed by atoms with Crippen molar-refractivity contribution in [3.8, 4) is 16.9 Å². The van der Waals surface area contributed by atoms with E-state index in [1.165, 1.54) is 6.42 Å². The predicted molar refractivity (Wildman–Crippen MR) is 113 cm³/mol. The molecule has 1 fully saturated rings. The number of halogens is 1. The molecule has 28 heavy (non-hydrogen) atoms. The molecule has 0 amide bonds. The number of aromatic hydroxyl groups is 1. The topological polar surface area (TPSA) is 53.7 Å². The van der Waals surface area contributed by atoms with Gasteiger partial charge in [-0.1, -0.05) is 30.7 Å². The number of hydrogen-bond acceptors (Lipinski definition) is 4. The van der Waals surface area contributed by atoms with Gasteiger partial charge in [0.25, 0.3) is 0 Å². The molecule has 0 aliphatic carbocycles. The lowest BCUT2D eigenvalue weighted by Crippen LogP contribution is -2.33. The Morgan fingerprint density at radius 3 is 2.68 bits per heavy atom. The molecule has 2 aromatic carbocycles. The van der Waals surface area contributed by atoms with Crippen LogP contribution >= 0.6 is 11.6 Å². The van der Waals surface area contributed by atoms with E-state index in [2.05, 4.69) is 11.8 Å². The minimum atomic E-state index is -0.0886. The van der Waals surface area contributed by atoms with Crippen molar-refractivity contribution in [2.24, 2.45) is 5.92 Å². The molecule has 0 radical (unpaired) electrons. The molecule has 1 aliphatic rings. The van der Waals surface area contributed by atoms with E-state index in [0.29, 0.717) is 45.3 Å². The normalized spacial score (nSPS) is 17.9.